The van der Waals surface area contributed by atoms with Crippen molar-refractivity contribution >= 4 is 45.0 Å². The highest BCUT2D eigenvalue weighted by Crippen LogP contribution is 2.26. The number of nitrogens with two attached hydrogens (primary N) is 1. The molecule has 96 valence electrons. The zero-order chi connectivity index (χ0) is 13.1. The summed E-state index contributed by atoms with van der Waals surface area (Å²) in [6.45, 7) is 0. The molecule has 0 radical (unpaired) electrons. The van der Waals surface area contributed by atoms with Crippen molar-refractivity contribution in [3.05, 3.63) is 11.4 Å². The zero-order valence-corrected chi connectivity index (χ0v) is 11.8. The predicted octanol–water partition coefficient (Wildman–Crippen LogP) is 1.84. The summed E-state index contributed by atoms with van der Waals surface area (Å²) in [6, 6.07) is 1.92. The van der Waals surface area contributed by atoms with Crippen molar-refractivity contribution < 1.29 is 4.79 Å². The Balaban J connectivity index is 2.01. The average molecular weight is 282 g/mol. The van der Waals surface area contributed by atoms with Gasteiger partial charge in [0.1, 0.15) is 10.6 Å². The second-order valence-electron chi connectivity index (χ2n) is 3.92. The fourth-order valence-corrected chi connectivity index (χ4v) is 2.98. The van der Waals surface area contributed by atoms with E-state index in [0.717, 1.165) is 10.2 Å². The second kappa shape index (κ2) is 5.53. The molecule has 0 aliphatic carbocycles. The van der Waals surface area contributed by atoms with Gasteiger partial charge < -0.3 is 10.6 Å². The Hall–Kier alpha value is -1.34. The predicted molar refractivity (Wildman–Crippen MR) is 75.9 cm³/mol. The summed E-state index contributed by atoms with van der Waals surface area (Å²) in [6.07, 6.45) is 0.476. The molecular formula is C11H14N4OS2. The molecule has 0 aromatic carbocycles. The van der Waals surface area contributed by atoms with Crippen molar-refractivity contribution in [1.82, 2.24) is 14.9 Å². The Morgan fingerprint density at radius 3 is 3.00 bits per heavy atom. The fourth-order valence-electron chi connectivity index (χ4n) is 1.38. The van der Waals surface area contributed by atoms with E-state index in [-0.39, 0.29) is 5.91 Å². The molecule has 0 atom stereocenters. The van der Waals surface area contributed by atoms with Crippen LogP contribution in [0.25, 0.3) is 10.2 Å². The molecule has 0 saturated heterocycles. The standard InChI is InChI=1S/C11H14N4OS2/c1-15(2)8(16)4-6-18-11-13-9(12)7-3-5-17-10(7)14-11/h3,5H,4,6H2,1-2H3,(H2,12,13,14). The lowest BCUT2D eigenvalue weighted by Crippen LogP contribution is -2.21. The van der Waals surface area contributed by atoms with E-state index in [4.69, 9.17) is 5.73 Å². The Labute approximate surface area is 113 Å². The number of hydrogen-bond acceptors (Lipinski definition) is 6. The van der Waals surface area contributed by atoms with Crippen molar-refractivity contribution in [3.8, 4) is 0 Å². The molecule has 2 heterocycles. The molecule has 18 heavy (non-hydrogen) atoms. The van der Waals surface area contributed by atoms with Crippen LogP contribution in [0.4, 0.5) is 5.82 Å². The lowest BCUT2D eigenvalue weighted by Gasteiger charge is -2.09. The molecule has 0 spiro atoms. The number of amides is 1. The molecule has 5 nitrogen and oxygen atoms in total. The van der Waals surface area contributed by atoms with E-state index < -0.39 is 0 Å². The third kappa shape index (κ3) is 2.91. The lowest BCUT2D eigenvalue weighted by molar-refractivity contribution is -0.128. The molecule has 7 heteroatoms. The minimum atomic E-state index is 0.104. The maximum Gasteiger partial charge on any atom is 0.222 e. The molecule has 2 aromatic heterocycles. The van der Waals surface area contributed by atoms with Crippen LogP contribution in [0.3, 0.4) is 0 Å². The SMILES string of the molecule is CN(C)C(=O)CCSc1nc(N)c2ccsc2n1. The van der Waals surface area contributed by atoms with Crippen molar-refractivity contribution in [1.29, 1.82) is 0 Å². The Morgan fingerprint density at radius 2 is 2.28 bits per heavy atom. The van der Waals surface area contributed by atoms with Gasteiger partial charge in [-0.15, -0.1) is 11.3 Å². The van der Waals surface area contributed by atoms with Crippen LogP contribution in [0.5, 0.6) is 0 Å². The van der Waals surface area contributed by atoms with Crippen LogP contribution in [0.2, 0.25) is 0 Å². The molecule has 0 aliphatic rings. The van der Waals surface area contributed by atoms with E-state index in [0.29, 0.717) is 23.1 Å². The number of anilines is 1. The molecule has 1 amide bonds. The van der Waals surface area contributed by atoms with Crippen LogP contribution in [0, 0.1) is 0 Å². The van der Waals surface area contributed by atoms with Crippen LogP contribution < -0.4 is 5.73 Å². The number of carbonyl (C=O) groups excluding carboxylic acids is 1. The van der Waals surface area contributed by atoms with Crippen molar-refractivity contribution in [2.75, 3.05) is 25.6 Å². The average Bonchev–Trinajstić information content (AvgIpc) is 2.77. The molecule has 0 saturated carbocycles. The first-order valence-corrected chi connectivity index (χ1v) is 7.28. The number of aromatic nitrogens is 2. The molecule has 0 unspecified atom stereocenters. The van der Waals surface area contributed by atoms with Gasteiger partial charge in [0.05, 0.1) is 5.39 Å². The molecule has 2 N–H and O–H groups in total. The van der Waals surface area contributed by atoms with Gasteiger partial charge in [-0.3, -0.25) is 4.79 Å². The number of hydrogen-bond donors (Lipinski definition) is 1. The number of fused-ring (bicyclic) bond motifs is 1. The maximum absolute atomic E-state index is 11.4. The highest BCUT2D eigenvalue weighted by molar-refractivity contribution is 7.99. The summed E-state index contributed by atoms with van der Waals surface area (Å²) in [5.74, 6) is 1.27. The summed E-state index contributed by atoms with van der Waals surface area (Å²) in [4.78, 5) is 22.5. The minimum Gasteiger partial charge on any atom is -0.383 e. The van der Waals surface area contributed by atoms with Crippen molar-refractivity contribution in [3.63, 3.8) is 0 Å². The minimum absolute atomic E-state index is 0.104. The van der Waals surface area contributed by atoms with Crippen molar-refractivity contribution in [2.24, 2.45) is 0 Å². The first-order valence-electron chi connectivity index (χ1n) is 5.41. The largest absolute Gasteiger partial charge is 0.383 e. The number of nitrogens with zero attached hydrogens (tertiary/aromatic N) is 3. The van der Waals surface area contributed by atoms with Gasteiger partial charge in [0, 0.05) is 26.3 Å². The van der Waals surface area contributed by atoms with E-state index in [1.165, 1.54) is 11.8 Å². The fraction of sp³-hybridized carbons (Fsp3) is 0.364. The molecule has 0 bridgehead atoms. The summed E-state index contributed by atoms with van der Waals surface area (Å²) in [7, 11) is 3.50. The van der Waals surface area contributed by atoms with Crippen LogP contribution in [-0.4, -0.2) is 40.6 Å². The van der Waals surface area contributed by atoms with Gasteiger partial charge in [-0.1, -0.05) is 11.8 Å². The molecule has 0 aliphatic heterocycles. The Kier molecular flexibility index (Phi) is 4.03. The van der Waals surface area contributed by atoms with Gasteiger partial charge in [-0.2, -0.15) is 0 Å². The van der Waals surface area contributed by atoms with Gasteiger partial charge in [-0.05, 0) is 11.4 Å². The number of rotatable bonds is 4. The van der Waals surface area contributed by atoms with Gasteiger partial charge in [0.2, 0.25) is 5.91 Å². The van der Waals surface area contributed by atoms with E-state index in [1.807, 2.05) is 11.4 Å². The quantitative estimate of drug-likeness (QED) is 0.684. The van der Waals surface area contributed by atoms with Gasteiger partial charge >= 0.3 is 0 Å². The third-order valence-electron chi connectivity index (χ3n) is 2.38. The second-order valence-corrected chi connectivity index (χ2v) is 5.87. The van der Waals surface area contributed by atoms with Gasteiger partial charge in [0.25, 0.3) is 0 Å². The summed E-state index contributed by atoms with van der Waals surface area (Å²) in [5, 5.41) is 3.47. The highest BCUT2D eigenvalue weighted by Gasteiger charge is 2.08. The Bertz CT molecular complexity index is 567. The van der Waals surface area contributed by atoms with E-state index >= 15 is 0 Å². The monoisotopic (exact) mass is 282 g/mol. The number of nitrogen functional groups attached to an aromatic ring is 1. The topological polar surface area (TPSA) is 72.1 Å². The summed E-state index contributed by atoms with van der Waals surface area (Å²) < 4.78 is 0. The van der Waals surface area contributed by atoms with Gasteiger partial charge in [0.15, 0.2) is 5.16 Å². The first kappa shape index (κ1) is 13.1. The summed E-state index contributed by atoms with van der Waals surface area (Å²) in [5.41, 5.74) is 5.85. The zero-order valence-electron chi connectivity index (χ0n) is 10.2. The smallest absolute Gasteiger partial charge is 0.222 e. The van der Waals surface area contributed by atoms with Crippen molar-refractivity contribution in [2.45, 2.75) is 11.6 Å². The summed E-state index contributed by atoms with van der Waals surface area (Å²) >= 11 is 3.00. The first-order chi connectivity index (χ1) is 8.58. The molecular weight excluding hydrogens is 268 g/mol. The van der Waals surface area contributed by atoms with E-state index in [9.17, 15) is 4.79 Å². The molecule has 0 fully saturated rings. The maximum atomic E-state index is 11.4. The molecule has 2 rings (SSSR count). The third-order valence-corrected chi connectivity index (χ3v) is 4.04. The van der Waals surface area contributed by atoms with Crippen LogP contribution in [0.1, 0.15) is 6.42 Å². The molecule has 2 aromatic rings. The van der Waals surface area contributed by atoms with Gasteiger partial charge in [-0.25, -0.2) is 9.97 Å². The number of carbonyl (C=O) groups is 1. The van der Waals surface area contributed by atoms with Crippen LogP contribution in [-0.2, 0) is 4.79 Å². The number of thioether (sulfide) groups is 1. The Morgan fingerprint density at radius 1 is 1.50 bits per heavy atom. The lowest BCUT2D eigenvalue weighted by atomic mass is 10.4. The highest BCUT2D eigenvalue weighted by atomic mass is 32.2. The van der Waals surface area contributed by atoms with E-state index in [1.54, 1.807) is 30.3 Å². The normalized spacial score (nSPS) is 10.8. The number of thiophene rings is 1. The van der Waals surface area contributed by atoms with Crippen LogP contribution >= 0.6 is 23.1 Å². The van der Waals surface area contributed by atoms with E-state index in [2.05, 4.69) is 9.97 Å². The van der Waals surface area contributed by atoms with Crippen LogP contribution in [0.15, 0.2) is 16.6 Å².